The average molecular weight is 475 g/mol. The SMILES string of the molecule is COc1cc(-c2cc3[nH]c(=O)n(C4CCC(N5CCCC5)CC4)c3cc2C(C)C)cn2ncnc12. The first kappa shape index (κ1) is 22.3. The molecule has 0 unspecified atom stereocenters. The van der Waals surface area contributed by atoms with Gasteiger partial charge in [0.05, 0.1) is 18.1 Å². The molecule has 4 aromatic rings. The number of hydrogen-bond acceptors (Lipinski definition) is 5. The van der Waals surface area contributed by atoms with Gasteiger partial charge in [0.25, 0.3) is 0 Å². The van der Waals surface area contributed by atoms with Crippen LogP contribution in [0, 0.1) is 0 Å². The van der Waals surface area contributed by atoms with E-state index in [1.165, 1.54) is 50.7 Å². The lowest BCUT2D eigenvalue weighted by atomic mass is 9.89. The van der Waals surface area contributed by atoms with Gasteiger partial charge in [-0.25, -0.2) is 14.3 Å². The summed E-state index contributed by atoms with van der Waals surface area (Å²) in [5.74, 6) is 0.965. The fourth-order valence-electron chi connectivity index (χ4n) is 6.26. The van der Waals surface area contributed by atoms with Crippen LogP contribution in [0.3, 0.4) is 0 Å². The Labute approximate surface area is 204 Å². The Morgan fingerprint density at radius 2 is 1.80 bits per heavy atom. The summed E-state index contributed by atoms with van der Waals surface area (Å²) in [6.07, 6.45) is 10.7. The number of nitrogens with zero attached hydrogens (tertiary/aromatic N) is 5. The van der Waals surface area contributed by atoms with Crippen molar-refractivity contribution >= 4 is 16.7 Å². The zero-order valence-corrected chi connectivity index (χ0v) is 20.8. The van der Waals surface area contributed by atoms with Crippen molar-refractivity contribution in [1.29, 1.82) is 0 Å². The molecule has 0 bridgehead atoms. The third kappa shape index (κ3) is 3.84. The van der Waals surface area contributed by atoms with Crippen LogP contribution in [0.25, 0.3) is 27.8 Å². The number of ether oxygens (including phenoxy) is 1. The van der Waals surface area contributed by atoms with Gasteiger partial charge in [-0.15, -0.1) is 0 Å². The van der Waals surface area contributed by atoms with Crippen molar-refractivity contribution in [3.8, 4) is 16.9 Å². The summed E-state index contributed by atoms with van der Waals surface area (Å²) in [4.78, 5) is 23.3. The molecule has 35 heavy (non-hydrogen) atoms. The van der Waals surface area contributed by atoms with Crippen molar-refractivity contribution in [3.05, 3.63) is 46.8 Å². The van der Waals surface area contributed by atoms with Gasteiger partial charge in [0.2, 0.25) is 0 Å². The van der Waals surface area contributed by atoms with E-state index >= 15 is 0 Å². The molecule has 3 aromatic heterocycles. The van der Waals surface area contributed by atoms with E-state index < -0.39 is 0 Å². The number of imidazole rings is 1. The Balaban J connectivity index is 1.40. The first-order valence-corrected chi connectivity index (χ1v) is 12.9. The normalized spacial score (nSPS) is 21.5. The minimum atomic E-state index is 0.000729. The predicted octanol–water partition coefficient (Wildman–Crippen LogP) is 4.75. The second-order valence-corrected chi connectivity index (χ2v) is 10.4. The number of rotatable bonds is 5. The Morgan fingerprint density at radius 3 is 2.51 bits per heavy atom. The number of hydrogen-bond donors (Lipinski definition) is 1. The van der Waals surface area contributed by atoms with E-state index in [-0.39, 0.29) is 17.6 Å². The van der Waals surface area contributed by atoms with Gasteiger partial charge in [0.1, 0.15) is 6.33 Å². The highest BCUT2D eigenvalue weighted by Crippen LogP contribution is 2.37. The highest BCUT2D eigenvalue weighted by molar-refractivity contribution is 5.85. The van der Waals surface area contributed by atoms with E-state index in [2.05, 4.69) is 45.9 Å². The first-order chi connectivity index (χ1) is 17.0. The van der Waals surface area contributed by atoms with Crippen LogP contribution in [0.5, 0.6) is 5.75 Å². The summed E-state index contributed by atoms with van der Waals surface area (Å²) >= 11 is 0. The number of aromatic amines is 1. The van der Waals surface area contributed by atoms with Gasteiger partial charge in [0.15, 0.2) is 11.4 Å². The maximum absolute atomic E-state index is 13.2. The van der Waals surface area contributed by atoms with E-state index in [0.717, 1.165) is 35.0 Å². The van der Waals surface area contributed by atoms with Gasteiger partial charge in [0, 0.05) is 23.8 Å². The molecule has 1 aromatic carbocycles. The molecule has 0 radical (unpaired) electrons. The number of likely N-dealkylation sites (tertiary alicyclic amines) is 1. The third-order valence-electron chi connectivity index (χ3n) is 8.07. The summed E-state index contributed by atoms with van der Waals surface area (Å²) in [5, 5.41) is 4.32. The molecule has 4 heterocycles. The second kappa shape index (κ2) is 8.82. The quantitative estimate of drug-likeness (QED) is 0.451. The molecular formula is C27H34N6O2. The highest BCUT2D eigenvalue weighted by atomic mass is 16.5. The fraction of sp³-hybridized carbons (Fsp3) is 0.519. The van der Waals surface area contributed by atoms with Crippen LogP contribution in [0.15, 0.2) is 35.5 Å². The lowest BCUT2D eigenvalue weighted by molar-refractivity contribution is 0.166. The van der Waals surface area contributed by atoms with Crippen molar-refractivity contribution < 1.29 is 4.74 Å². The zero-order valence-electron chi connectivity index (χ0n) is 20.8. The molecule has 2 aliphatic rings. The standard InChI is InChI=1S/C27H34N6O2/c1-17(2)21-14-24-23(13-22(21)18-12-25(35-3)26-28-16-29-32(26)15-18)30-27(34)33(24)20-8-6-19(7-9-20)31-10-4-5-11-31/h12-17,19-20H,4-11H2,1-3H3,(H,30,34). The van der Waals surface area contributed by atoms with E-state index in [9.17, 15) is 4.79 Å². The number of pyridine rings is 1. The molecule has 6 rings (SSSR count). The maximum Gasteiger partial charge on any atom is 0.326 e. The molecular weight excluding hydrogens is 440 g/mol. The molecule has 8 nitrogen and oxygen atoms in total. The number of benzene rings is 1. The number of H-pyrrole nitrogens is 1. The molecule has 1 aliphatic heterocycles. The second-order valence-electron chi connectivity index (χ2n) is 10.4. The van der Waals surface area contributed by atoms with Crippen molar-refractivity contribution in [2.24, 2.45) is 0 Å². The Morgan fingerprint density at radius 1 is 1.06 bits per heavy atom. The van der Waals surface area contributed by atoms with Crippen molar-refractivity contribution in [1.82, 2.24) is 29.0 Å². The number of aromatic nitrogens is 5. The number of methoxy groups -OCH3 is 1. The van der Waals surface area contributed by atoms with E-state index in [1.54, 1.807) is 11.6 Å². The van der Waals surface area contributed by atoms with Crippen LogP contribution in [-0.2, 0) is 0 Å². The van der Waals surface area contributed by atoms with E-state index in [1.807, 2.05) is 16.8 Å². The summed E-state index contributed by atoms with van der Waals surface area (Å²) < 4.78 is 9.37. The van der Waals surface area contributed by atoms with E-state index in [4.69, 9.17) is 4.74 Å². The molecule has 0 spiro atoms. The minimum Gasteiger partial charge on any atom is -0.493 e. The Bertz CT molecular complexity index is 1420. The minimum absolute atomic E-state index is 0.000729. The number of fused-ring (bicyclic) bond motifs is 2. The lowest BCUT2D eigenvalue weighted by Gasteiger charge is -2.35. The summed E-state index contributed by atoms with van der Waals surface area (Å²) in [6, 6.07) is 7.29. The van der Waals surface area contributed by atoms with Gasteiger partial charge in [-0.05, 0) is 86.9 Å². The summed E-state index contributed by atoms with van der Waals surface area (Å²) in [5.41, 5.74) is 5.86. The molecule has 1 saturated carbocycles. The average Bonchev–Trinajstić information content (AvgIpc) is 3.62. The van der Waals surface area contributed by atoms with Crippen LogP contribution in [0.1, 0.15) is 69.9 Å². The maximum atomic E-state index is 13.2. The van der Waals surface area contributed by atoms with Gasteiger partial charge >= 0.3 is 5.69 Å². The molecule has 1 N–H and O–H groups in total. The molecule has 0 atom stereocenters. The summed E-state index contributed by atoms with van der Waals surface area (Å²) in [6.45, 7) is 6.89. The molecule has 0 amide bonds. The van der Waals surface area contributed by atoms with Crippen molar-refractivity contribution in [2.45, 2.75) is 70.4 Å². The first-order valence-electron chi connectivity index (χ1n) is 12.9. The Kier molecular flexibility index (Phi) is 5.63. The van der Waals surface area contributed by atoms with Gasteiger partial charge in [-0.2, -0.15) is 5.10 Å². The van der Waals surface area contributed by atoms with Gasteiger partial charge < -0.3 is 14.6 Å². The summed E-state index contributed by atoms with van der Waals surface area (Å²) in [7, 11) is 1.65. The Hall–Kier alpha value is -3.13. The van der Waals surface area contributed by atoms with Gasteiger partial charge in [-0.1, -0.05) is 13.8 Å². The molecule has 2 fully saturated rings. The molecule has 184 valence electrons. The van der Waals surface area contributed by atoms with Gasteiger partial charge in [-0.3, -0.25) is 4.57 Å². The lowest BCUT2D eigenvalue weighted by Crippen LogP contribution is -2.37. The monoisotopic (exact) mass is 474 g/mol. The van der Waals surface area contributed by atoms with Crippen LogP contribution < -0.4 is 10.4 Å². The largest absolute Gasteiger partial charge is 0.493 e. The van der Waals surface area contributed by atoms with Crippen LogP contribution >= 0.6 is 0 Å². The fourth-order valence-corrected chi connectivity index (χ4v) is 6.26. The molecule has 1 aliphatic carbocycles. The van der Waals surface area contributed by atoms with Crippen molar-refractivity contribution in [3.63, 3.8) is 0 Å². The smallest absolute Gasteiger partial charge is 0.326 e. The molecule has 1 saturated heterocycles. The van der Waals surface area contributed by atoms with Crippen LogP contribution in [0.4, 0.5) is 0 Å². The predicted molar refractivity (Wildman–Crippen MR) is 137 cm³/mol. The van der Waals surface area contributed by atoms with Crippen molar-refractivity contribution in [2.75, 3.05) is 20.2 Å². The third-order valence-corrected chi connectivity index (χ3v) is 8.07. The topological polar surface area (TPSA) is 80.5 Å². The molecule has 8 heteroatoms. The highest BCUT2D eigenvalue weighted by Gasteiger charge is 2.30. The van der Waals surface area contributed by atoms with E-state index in [0.29, 0.717) is 17.4 Å². The zero-order chi connectivity index (χ0) is 24.1. The van der Waals surface area contributed by atoms with Crippen LogP contribution in [0.2, 0.25) is 0 Å². The number of nitrogens with one attached hydrogen (secondary N) is 1. The van der Waals surface area contributed by atoms with Crippen LogP contribution in [-0.4, -0.2) is 55.3 Å².